The fraction of sp³-hybridized carbons (Fsp3) is 0.682. The van der Waals surface area contributed by atoms with E-state index in [0.717, 1.165) is 24.4 Å². The Morgan fingerprint density at radius 3 is 2.86 bits per heavy atom. The third-order valence-electron chi connectivity index (χ3n) is 8.24. The maximum absolute atomic E-state index is 12.2. The minimum Gasteiger partial charge on any atom is -0.504 e. The van der Waals surface area contributed by atoms with Crippen LogP contribution in [0.2, 0.25) is 0 Å². The number of benzene rings is 1. The smallest absolute Gasteiger partial charge is 0.217 e. The lowest BCUT2D eigenvalue weighted by molar-refractivity contribution is -0.137. The highest BCUT2D eigenvalue weighted by atomic mass is 16.5. The average Bonchev–Trinajstić information content (AvgIpc) is 3.18. The largest absolute Gasteiger partial charge is 0.504 e. The van der Waals surface area contributed by atoms with Gasteiger partial charge in [0.25, 0.3) is 0 Å². The van der Waals surface area contributed by atoms with Crippen molar-refractivity contribution in [1.82, 2.24) is 10.2 Å². The summed E-state index contributed by atoms with van der Waals surface area (Å²) < 4.78 is 6.33. The minimum absolute atomic E-state index is 0.0560. The molecule has 0 aromatic heterocycles. The number of rotatable bonds is 4. The summed E-state index contributed by atoms with van der Waals surface area (Å²) >= 11 is 0. The molecule has 6 atom stereocenters. The molecule has 6 rings (SSSR count). The molecule has 1 aromatic rings. The monoisotopic (exact) mass is 384 g/mol. The van der Waals surface area contributed by atoms with E-state index in [1.165, 1.54) is 25.3 Å². The van der Waals surface area contributed by atoms with Gasteiger partial charge in [-0.05, 0) is 56.7 Å². The number of aromatic hydroxyl groups is 1. The van der Waals surface area contributed by atoms with Crippen molar-refractivity contribution in [3.63, 3.8) is 0 Å². The maximum atomic E-state index is 12.2. The Morgan fingerprint density at radius 1 is 1.36 bits per heavy atom. The first kappa shape index (κ1) is 17.1. The molecule has 0 radical (unpaired) electrons. The summed E-state index contributed by atoms with van der Waals surface area (Å²) in [6.07, 6.45) is 4.40. The van der Waals surface area contributed by atoms with Gasteiger partial charge < -0.3 is 20.3 Å². The van der Waals surface area contributed by atoms with Gasteiger partial charge in [-0.2, -0.15) is 0 Å². The number of likely N-dealkylation sites (N-methyl/N-ethyl adjacent to an activating group) is 1. The molecule has 3 saturated carbocycles. The molecule has 1 aliphatic heterocycles. The Labute approximate surface area is 164 Å². The fourth-order valence-corrected chi connectivity index (χ4v) is 7.26. The van der Waals surface area contributed by atoms with Gasteiger partial charge in [0.2, 0.25) is 5.91 Å². The van der Waals surface area contributed by atoms with Crippen LogP contribution in [-0.4, -0.2) is 58.4 Å². The second-order valence-electron chi connectivity index (χ2n) is 9.80. The highest BCUT2D eigenvalue weighted by Gasteiger charge is 2.78. The van der Waals surface area contributed by atoms with Gasteiger partial charge in [0.15, 0.2) is 11.5 Å². The summed E-state index contributed by atoms with van der Waals surface area (Å²) in [5, 5.41) is 25.8. The van der Waals surface area contributed by atoms with Crippen LogP contribution in [0.25, 0.3) is 0 Å². The lowest BCUT2D eigenvalue weighted by Gasteiger charge is -2.54. The van der Waals surface area contributed by atoms with Crippen molar-refractivity contribution in [2.24, 2.45) is 5.92 Å². The number of nitrogens with zero attached hydrogens (tertiary/aromatic N) is 1. The van der Waals surface area contributed by atoms with Crippen LogP contribution >= 0.6 is 0 Å². The van der Waals surface area contributed by atoms with Crippen molar-refractivity contribution in [1.29, 1.82) is 0 Å². The molecular weight excluding hydrogens is 356 g/mol. The Kier molecular flexibility index (Phi) is 3.19. The Balaban J connectivity index is 1.51. The maximum Gasteiger partial charge on any atom is 0.217 e. The number of hydrogen-bond donors (Lipinski definition) is 3. The Hall–Kier alpha value is -1.79. The molecule has 5 aliphatic rings. The predicted molar refractivity (Wildman–Crippen MR) is 102 cm³/mol. The molecule has 28 heavy (non-hydrogen) atoms. The summed E-state index contributed by atoms with van der Waals surface area (Å²) in [5.41, 5.74) is 0.786. The van der Waals surface area contributed by atoms with Crippen molar-refractivity contribution in [3.8, 4) is 11.5 Å². The van der Waals surface area contributed by atoms with Crippen molar-refractivity contribution >= 4 is 5.91 Å². The summed E-state index contributed by atoms with van der Waals surface area (Å²) in [6.45, 7) is 2.56. The number of hydrogen-bond acceptors (Lipinski definition) is 5. The molecule has 2 bridgehead atoms. The standard InChI is InChI=1S/C22H28N2O4/c1-11(25)23-15-7-8-22(27)19(24(2)10-12-3-4-12)14-9-21(22)17-13(14)5-6-16(26)18(17)28-20(15)21/h5-6,12,14-15,19-20,26-27H,3-4,7-10H2,1-2H3,(H,23,25)/t14?,15?,19-,20?,21+,22-/m0/s1. The number of amides is 1. The number of phenols is 1. The van der Waals surface area contributed by atoms with Crippen LogP contribution in [0.15, 0.2) is 12.1 Å². The molecule has 3 N–H and O–H groups in total. The molecule has 6 nitrogen and oxygen atoms in total. The van der Waals surface area contributed by atoms with E-state index in [4.69, 9.17) is 4.74 Å². The van der Waals surface area contributed by atoms with E-state index < -0.39 is 11.0 Å². The highest BCUT2D eigenvalue weighted by Crippen LogP contribution is 2.73. The van der Waals surface area contributed by atoms with Crippen LogP contribution in [-0.2, 0) is 10.2 Å². The van der Waals surface area contributed by atoms with E-state index in [-0.39, 0.29) is 35.8 Å². The molecule has 1 amide bonds. The first-order valence-electron chi connectivity index (χ1n) is 10.6. The van der Waals surface area contributed by atoms with E-state index in [1.54, 1.807) is 6.07 Å². The first-order valence-corrected chi connectivity index (χ1v) is 10.6. The molecular formula is C22H28N2O4. The van der Waals surface area contributed by atoms with Gasteiger partial charge >= 0.3 is 0 Å². The van der Waals surface area contributed by atoms with Gasteiger partial charge in [-0.1, -0.05) is 6.07 Å². The normalized spacial score (nSPS) is 41.9. The quantitative estimate of drug-likeness (QED) is 0.735. The van der Waals surface area contributed by atoms with Crippen molar-refractivity contribution in [2.45, 2.75) is 74.1 Å². The topological polar surface area (TPSA) is 82.0 Å². The number of fused-ring (bicyclic) bond motifs is 2. The lowest BCUT2D eigenvalue weighted by atomic mass is 9.57. The van der Waals surface area contributed by atoms with Crippen molar-refractivity contribution < 1.29 is 19.7 Å². The molecule has 1 aromatic carbocycles. The number of phenolic OH excluding ortho intramolecular Hbond substituents is 1. The van der Waals surface area contributed by atoms with Crippen LogP contribution in [0.3, 0.4) is 0 Å². The average molecular weight is 384 g/mol. The van der Waals surface area contributed by atoms with Gasteiger partial charge in [0.1, 0.15) is 6.10 Å². The number of nitrogens with one attached hydrogen (secondary N) is 1. The van der Waals surface area contributed by atoms with Crippen molar-refractivity contribution in [2.75, 3.05) is 13.6 Å². The molecule has 1 spiro atoms. The van der Waals surface area contributed by atoms with Gasteiger partial charge in [-0.25, -0.2) is 0 Å². The Bertz CT molecular complexity index is 884. The number of carbonyl (C=O) groups excluding carboxylic acids is 1. The van der Waals surface area contributed by atoms with Crippen molar-refractivity contribution in [3.05, 3.63) is 23.3 Å². The van der Waals surface area contributed by atoms with Gasteiger partial charge in [-0.3, -0.25) is 9.69 Å². The fourth-order valence-electron chi connectivity index (χ4n) is 7.26. The van der Waals surface area contributed by atoms with Gasteiger partial charge in [0, 0.05) is 31.0 Å². The zero-order valence-corrected chi connectivity index (χ0v) is 16.4. The zero-order valence-electron chi connectivity index (χ0n) is 16.4. The van der Waals surface area contributed by atoms with E-state index in [1.807, 2.05) is 6.07 Å². The molecule has 150 valence electrons. The van der Waals surface area contributed by atoms with E-state index in [9.17, 15) is 15.0 Å². The molecule has 3 unspecified atom stereocenters. The van der Waals surface area contributed by atoms with E-state index in [2.05, 4.69) is 17.3 Å². The summed E-state index contributed by atoms with van der Waals surface area (Å²) in [4.78, 5) is 14.2. The zero-order chi connectivity index (χ0) is 19.4. The van der Waals surface area contributed by atoms with Crippen LogP contribution < -0.4 is 10.1 Å². The second-order valence-corrected chi connectivity index (χ2v) is 9.80. The summed E-state index contributed by atoms with van der Waals surface area (Å²) in [7, 11) is 2.16. The number of aliphatic hydroxyl groups is 1. The summed E-state index contributed by atoms with van der Waals surface area (Å²) in [5.74, 6) is 1.59. The van der Waals surface area contributed by atoms with E-state index >= 15 is 0 Å². The van der Waals surface area contributed by atoms with Crippen LogP contribution in [0.4, 0.5) is 0 Å². The lowest BCUT2D eigenvalue weighted by Crippen LogP contribution is -2.70. The molecule has 6 heteroatoms. The summed E-state index contributed by atoms with van der Waals surface area (Å²) in [6, 6.07) is 3.66. The number of ether oxygens (including phenoxy) is 1. The Morgan fingerprint density at radius 2 is 2.14 bits per heavy atom. The first-order chi connectivity index (χ1) is 13.4. The van der Waals surface area contributed by atoms with Crippen LogP contribution in [0.1, 0.15) is 56.1 Å². The SMILES string of the molecule is CC(=O)NC1CC[C@]2(O)[C@@H](N(C)CC3CC3)C3C[C@]24c2c3ccc(O)c2OC14. The highest BCUT2D eigenvalue weighted by molar-refractivity contribution is 5.74. The number of carbonyl (C=O) groups is 1. The predicted octanol–water partition coefficient (Wildman–Crippen LogP) is 1.63. The molecule has 0 saturated heterocycles. The molecule has 3 fully saturated rings. The molecule has 4 aliphatic carbocycles. The third-order valence-corrected chi connectivity index (χ3v) is 8.24. The second kappa shape index (κ2) is 5.22. The minimum atomic E-state index is -0.896. The van der Waals surface area contributed by atoms with Crippen LogP contribution in [0, 0.1) is 5.92 Å². The van der Waals surface area contributed by atoms with E-state index in [0.29, 0.717) is 18.6 Å². The molecule has 1 heterocycles. The third kappa shape index (κ3) is 1.84. The van der Waals surface area contributed by atoms with Crippen LogP contribution in [0.5, 0.6) is 11.5 Å². The van der Waals surface area contributed by atoms with Gasteiger partial charge in [-0.15, -0.1) is 0 Å². The van der Waals surface area contributed by atoms with Gasteiger partial charge in [0.05, 0.1) is 17.1 Å².